The molecular weight excluding hydrogens is 350 g/mol. The van der Waals surface area contributed by atoms with E-state index in [1.165, 1.54) is 5.56 Å². The monoisotopic (exact) mass is 375 g/mol. The fourth-order valence-corrected chi connectivity index (χ4v) is 3.84. The van der Waals surface area contributed by atoms with Gasteiger partial charge in [0.15, 0.2) is 0 Å². The Bertz CT molecular complexity index is 923. The van der Waals surface area contributed by atoms with Crippen LogP contribution in [0.1, 0.15) is 28.6 Å². The van der Waals surface area contributed by atoms with Crippen molar-refractivity contribution in [3.05, 3.63) is 83.7 Å². The highest BCUT2D eigenvalue weighted by atomic mass is 16.2. The quantitative estimate of drug-likeness (QED) is 0.718. The average molecular weight is 375 g/mol. The summed E-state index contributed by atoms with van der Waals surface area (Å²) in [7, 11) is 1.96. The van der Waals surface area contributed by atoms with Gasteiger partial charge in [-0.2, -0.15) is 0 Å². The second kappa shape index (κ2) is 8.35. The number of amides is 1. The molecule has 2 aromatic heterocycles. The van der Waals surface area contributed by atoms with Crippen LogP contribution in [0.15, 0.2) is 61.2 Å². The van der Waals surface area contributed by atoms with Crippen molar-refractivity contribution in [1.29, 1.82) is 0 Å². The minimum atomic E-state index is -0.341. The Kier molecular flexibility index (Phi) is 5.48. The van der Waals surface area contributed by atoms with E-state index in [2.05, 4.69) is 38.4 Å². The molecule has 6 heteroatoms. The van der Waals surface area contributed by atoms with E-state index in [0.717, 1.165) is 36.3 Å². The van der Waals surface area contributed by atoms with E-state index in [9.17, 15) is 4.79 Å². The molecule has 1 atom stereocenters. The molecule has 0 saturated carbocycles. The summed E-state index contributed by atoms with van der Waals surface area (Å²) in [4.78, 5) is 24.1. The molecule has 0 bridgehead atoms. The summed E-state index contributed by atoms with van der Waals surface area (Å²) in [6.45, 7) is 2.11. The van der Waals surface area contributed by atoms with Crippen LogP contribution in [0.5, 0.6) is 0 Å². The van der Waals surface area contributed by atoms with Gasteiger partial charge in [-0.1, -0.05) is 36.4 Å². The number of aryl methyl sites for hydroxylation is 1. The van der Waals surface area contributed by atoms with E-state index in [4.69, 9.17) is 0 Å². The second-order valence-electron chi connectivity index (χ2n) is 7.20. The number of carbonyl (C=O) groups is 1. The van der Waals surface area contributed by atoms with Gasteiger partial charge in [-0.3, -0.25) is 14.7 Å². The lowest BCUT2D eigenvalue weighted by Crippen LogP contribution is -2.45. The standard InChI is InChI=1S/C22H25N5O/c1-26-16-25-19-10-13-27(15-18-8-5-11-23-14-18)21(20(19)26)22(28)24-12-9-17-6-3-2-4-7-17/h2-8,11,14,16,21H,9-10,12-13,15H2,1H3,(H,24,28). The van der Waals surface area contributed by atoms with Gasteiger partial charge in [-0.05, 0) is 23.6 Å². The number of fused-ring (bicyclic) bond motifs is 1. The number of imidazole rings is 1. The van der Waals surface area contributed by atoms with E-state index in [0.29, 0.717) is 13.1 Å². The van der Waals surface area contributed by atoms with Gasteiger partial charge >= 0.3 is 0 Å². The zero-order chi connectivity index (χ0) is 19.3. The van der Waals surface area contributed by atoms with Gasteiger partial charge in [0.1, 0.15) is 6.04 Å². The first kappa shape index (κ1) is 18.4. The fraction of sp³-hybridized carbons (Fsp3) is 0.318. The molecule has 144 valence electrons. The predicted molar refractivity (Wildman–Crippen MR) is 107 cm³/mol. The van der Waals surface area contributed by atoms with E-state index in [1.54, 1.807) is 6.20 Å². The molecule has 1 unspecified atom stereocenters. The van der Waals surface area contributed by atoms with Gasteiger partial charge in [0, 0.05) is 45.5 Å². The lowest BCUT2D eigenvalue weighted by molar-refractivity contribution is -0.127. The minimum Gasteiger partial charge on any atom is -0.354 e. The molecule has 1 aromatic carbocycles. The SMILES string of the molecule is Cn1cnc2c1C(C(=O)NCCc1ccccc1)N(Cc1cccnc1)CC2. The van der Waals surface area contributed by atoms with E-state index < -0.39 is 0 Å². The summed E-state index contributed by atoms with van der Waals surface area (Å²) in [6, 6.07) is 13.9. The number of carbonyl (C=O) groups excluding carboxylic acids is 1. The Morgan fingerprint density at radius 1 is 1.18 bits per heavy atom. The van der Waals surface area contributed by atoms with Crippen molar-refractivity contribution in [2.24, 2.45) is 7.05 Å². The smallest absolute Gasteiger partial charge is 0.243 e. The summed E-state index contributed by atoms with van der Waals surface area (Å²) in [5.74, 6) is 0.0318. The molecule has 6 nitrogen and oxygen atoms in total. The molecule has 0 aliphatic carbocycles. The number of nitrogens with zero attached hydrogens (tertiary/aromatic N) is 4. The number of hydrogen-bond acceptors (Lipinski definition) is 4. The molecule has 0 saturated heterocycles. The summed E-state index contributed by atoms with van der Waals surface area (Å²) in [5, 5.41) is 3.14. The van der Waals surface area contributed by atoms with Gasteiger partial charge < -0.3 is 9.88 Å². The topological polar surface area (TPSA) is 63.1 Å². The van der Waals surface area contributed by atoms with Crippen LogP contribution >= 0.6 is 0 Å². The molecular formula is C22H25N5O. The Morgan fingerprint density at radius 3 is 2.79 bits per heavy atom. The molecule has 1 N–H and O–H groups in total. The highest BCUT2D eigenvalue weighted by Crippen LogP contribution is 2.30. The predicted octanol–water partition coefficient (Wildman–Crippen LogP) is 2.27. The highest BCUT2D eigenvalue weighted by Gasteiger charge is 2.35. The lowest BCUT2D eigenvalue weighted by Gasteiger charge is -2.35. The third kappa shape index (κ3) is 3.97. The first-order valence-corrected chi connectivity index (χ1v) is 9.67. The third-order valence-electron chi connectivity index (χ3n) is 5.23. The van der Waals surface area contributed by atoms with Crippen LogP contribution in [0, 0.1) is 0 Å². The highest BCUT2D eigenvalue weighted by molar-refractivity contribution is 5.83. The molecule has 0 fully saturated rings. The third-order valence-corrected chi connectivity index (χ3v) is 5.23. The molecule has 1 aliphatic heterocycles. The Morgan fingerprint density at radius 2 is 2.00 bits per heavy atom. The Balaban J connectivity index is 1.51. The summed E-state index contributed by atoms with van der Waals surface area (Å²) in [5.41, 5.74) is 4.34. The van der Waals surface area contributed by atoms with Gasteiger partial charge in [-0.25, -0.2) is 4.98 Å². The molecule has 4 rings (SSSR count). The molecule has 28 heavy (non-hydrogen) atoms. The van der Waals surface area contributed by atoms with E-state index in [-0.39, 0.29) is 11.9 Å². The van der Waals surface area contributed by atoms with Gasteiger partial charge in [0.25, 0.3) is 0 Å². The van der Waals surface area contributed by atoms with Gasteiger partial charge in [0.05, 0.1) is 17.7 Å². The van der Waals surface area contributed by atoms with Gasteiger partial charge in [0.2, 0.25) is 5.91 Å². The summed E-state index contributed by atoms with van der Waals surface area (Å²) < 4.78 is 1.98. The van der Waals surface area contributed by atoms with Crippen LogP contribution in [0.2, 0.25) is 0 Å². The normalized spacial score (nSPS) is 16.5. The van der Waals surface area contributed by atoms with Crippen molar-refractivity contribution in [1.82, 2.24) is 24.8 Å². The zero-order valence-corrected chi connectivity index (χ0v) is 16.1. The van der Waals surface area contributed by atoms with Crippen LogP contribution in [0.4, 0.5) is 0 Å². The Hall–Kier alpha value is -2.99. The number of aromatic nitrogens is 3. The number of pyridine rings is 1. The number of hydrogen-bond donors (Lipinski definition) is 1. The van der Waals surface area contributed by atoms with Crippen LogP contribution in [-0.2, 0) is 31.2 Å². The van der Waals surface area contributed by atoms with E-state index >= 15 is 0 Å². The Labute approximate surface area is 165 Å². The fourth-order valence-electron chi connectivity index (χ4n) is 3.84. The van der Waals surface area contributed by atoms with Crippen molar-refractivity contribution in [3.8, 4) is 0 Å². The first-order valence-electron chi connectivity index (χ1n) is 9.67. The number of nitrogens with one attached hydrogen (secondary N) is 1. The molecule has 3 heterocycles. The average Bonchev–Trinajstić information content (AvgIpc) is 3.10. The molecule has 0 spiro atoms. The molecule has 1 aliphatic rings. The van der Waals surface area contributed by atoms with Crippen molar-refractivity contribution in [2.45, 2.75) is 25.4 Å². The van der Waals surface area contributed by atoms with E-state index in [1.807, 2.05) is 48.4 Å². The van der Waals surface area contributed by atoms with Gasteiger partial charge in [-0.15, -0.1) is 0 Å². The minimum absolute atomic E-state index is 0.0318. The number of rotatable bonds is 6. The van der Waals surface area contributed by atoms with Crippen molar-refractivity contribution in [2.75, 3.05) is 13.1 Å². The van der Waals surface area contributed by atoms with Crippen LogP contribution in [0.3, 0.4) is 0 Å². The van der Waals surface area contributed by atoms with Crippen LogP contribution in [-0.4, -0.2) is 38.4 Å². The largest absolute Gasteiger partial charge is 0.354 e. The van der Waals surface area contributed by atoms with Crippen LogP contribution < -0.4 is 5.32 Å². The summed E-state index contributed by atoms with van der Waals surface area (Å²) in [6.07, 6.45) is 7.11. The second-order valence-corrected chi connectivity index (χ2v) is 7.20. The first-order chi connectivity index (χ1) is 13.7. The van der Waals surface area contributed by atoms with Crippen molar-refractivity contribution >= 4 is 5.91 Å². The molecule has 3 aromatic rings. The maximum atomic E-state index is 13.2. The molecule has 0 radical (unpaired) electrons. The van der Waals surface area contributed by atoms with Crippen LogP contribution in [0.25, 0.3) is 0 Å². The zero-order valence-electron chi connectivity index (χ0n) is 16.1. The number of benzene rings is 1. The van der Waals surface area contributed by atoms with Crippen molar-refractivity contribution in [3.63, 3.8) is 0 Å². The molecule has 1 amide bonds. The summed E-state index contributed by atoms with van der Waals surface area (Å²) >= 11 is 0. The maximum Gasteiger partial charge on any atom is 0.243 e. The van der Waals surface area contributed by atoms with Crippen molar-refractivity contribution < 1.29 is 4.79 Å². The maximum absolute atomic E-state index is 13.2. The lowest BCUT2D eigenvalue weighted by atomic mass is 10.0.